The number of carbonyl (C=O) groups excluding carboxylic acids is 1. The standard InChI is InChI=1S/C13H10N2O2/c16-13(17)8-4-3-7-11-12(8)15-10-6-2-1-5-9(10)14-11/h1-2,5-7H,3-4H2,(H,16,17)/p-1. The van der Waals surface area contributed by atoms with Crippen molar-refractivity contribution < 1.29 is 9.90 Å². The van der Waals surface area contributed by atoms with Gasteiger partial charge in [0.05, 0.1) is 27.7 Å². The van der Waals surface area contributed by atoms with Gasteiger partial charge < -0.3 is 9.90 Å². The number of carboxylic acids is 1. The van der Waals surface area contributed by atoms with E-state index in [0.29, 0.717) is 29.1 Å². The van der Waals surface area contributed by atoms with Crippen LogP contribution in [0.5, 0.6) is 0 Å². The molecule has 84 valence electrons. The zero-order valence-corrected chi connectivity index (χ0v) is 9.01. The molecule has 0 saturated heterocycles. The summed E-state index contributed by atoms with van der Waals surface area (Å²) >= 11 is 0. The van der Waals surface area contributed by atoms with Crippen LogP contribution >= 0.6 is 0 Å². The minimum Gasteiger partial charge on any atom is -0.545 e. The summed E-state index contributed by atoms with van der Waals surface area (Å²) in [6.45, 7) is 0. The Bertz CT molecular complexity index is 735. The smallest absolute Gasteiger partial charge is 0.0941 e. The van der Waals surface area contributed by atoms with E-state index in [1.165, 1.54) is 0 Å². The minimum atomic E-state index is -1.15. The molecule has 4 heteroatoms. The number of fused-ring (bicyclic) bond motifs is 2. The summed E-state index contributed by atoms with van der Waals surface area (Å²) in [4.78, 5) is 19.8. The molecule has 1 aliphatic carbocycles. The van der Waals surface area contributed by atoms with Crippen LogP contribution in [0.2, 0.25) is 0 Å². The van der Waals surface area contributed by atoms with Crippen LogP contribution in [-0.2, 0) is 4.79 Å². The summed E-state index contributed by atoms with van der Waals surface area (Å²) in [6, 6.07) is 7.43. The fraction of sp³-hybridized carbons (Fsp3) is 0.154. The number of aromatic nitrogens is 2. The van der Waals surface area contributed by atoms with Crippen molar-refractivity contribution in [2.45, 2.75) is 12.8 Å². The van der Waals surface area contributed by atoms with E-state index in [-0.39, 0.29) is 5.57 Å². The largest absolute Gasteiger partial charge is 0.545 e. The molecule has 0 fully saturated rings. The number of para-hydroxylation sites is 2. The molecule has 17 heavy (non-hydrogen) atoms. The molecule has 0 atom stereocenters. The van der Waals surface area contributed by atoms with Crippen LogP contribution in [0, 0.1) is 0 Å². The molecule has 0 bridgehead atoms. The minimum absolute atomic E-state index is 0.251. The van der Waals surface area contributed by atoms with Crippen molar-refractivity contribution in [3.8, 4) is 0 Å². The van der Waals surface area contributed by atoms with E-state index in [4.69, 9.17) is 0 Å². The molecule has 4 nitrogen and oxygen atoms in total. The predicted molar refractivity (Wildman–Crippen MR) is 60.9 cm³/mol. The first-order valence-corrected chi connectivity index (χ1v) is 5.43. The van der Waals surface area contributed by atoms with Crippen molar-refractivity contribution in [1.29, 1.82) is 0 Å². The summed E-state index contributed by atoms with van der Waals surface area (Å²) in [5.74, 6) is -1.15. The van der Waals surface area contributed by atoms with Gasteiger partial charge in [-0.25, -0.2) is 9.97 Å². The van der Waals surface area contributed by atoms with Gasteiger partial charge in [-0.3, -0.25) is 0 Å². The van der Waals surface area contributed by atoms with Crippen molar-refractivity contribution in [3.05, 3.63) is 35.0 Å². The van der Waals surface area contributed by atoms with Gasteiger partial charge in [-0.15, -0.1) is 0 Å². The SMILES string of the molecule is O=C([O-])C1=c2nc3ccccc3nc2=CCC1. The lowest BCUT2D eigenvalue weighted by Gasteiger charge is -2.11. The van der Waals surface area contributed by atoms with Crippen LogP contribution in [0.15, 0.2) is 24.3 Å². The molecule has 0 amide bonds. The van der Waals surface area contributed by atoms with E-state index >= 15 is 0 Å². The lowest BCUT2D eigenvalue weighted by atomic mass is 10.1. The van der Waals surface area contributed by atoms with Crippen molar-refractivity contribution >= 4 is 28.7 Å². The third kappa shape index (κ3) is 1.58. The van der Waals surface area contributed by atoms with Crippen LogP contribution < -0.4 is 15.8 Å². The summed E-state index contributed by atoms with van der Waals surface area (Å²) in [7, 11) is 0. The highest BCUT2D eigenvalue weighted by molar-refractivity contribution is 6.07. The topological polar surface area (TPSA) is 65.9 Å². The van der Waals surface area contributed by atoms with Crippen LogP contribution in [0.1, 0.15) is 12.8 Å². The zero-order valence-electron chi connectivity index (χ0n) is 9.01. The van der Waals surface area contributed by atoms with Crippen LogP contribution in [0.25, 0.3) is 22.7 Å². The van der Waals surface area contributed by atoms with E-state index in [1.54, 1.807) is 0 Å². The Morgan fingerprint density at radius 1 is 1.18 bits per heavy atom. The van der Waals surface area contributed by atoms with Crippen LogP contribution in [0.4, 0.5) is 0 Å². The Hall–Kier alpha value is -2.23. The summed E-state index contributed by atoms with van der Waals surface area (Å²) < 4.78 is 0. The Balaban J connectivity index is 2.49. The average molecular weight is 225 g/mol. The Labute approximate surface area is 96.9 Å². The lowest BCUT2D eigenvalue weighted by Crippen LogP contribution is -2.40. The van der Waals surface area contributed by atoms with Crippen molar-refractivity contribution in [3.63, 3.8) is 0 Å². The molecule has 1 aliphatic rings. The van der Waals surface area contributed by atoms with Gasteiger partial charge in [-0.1, -0.05) is 18.2 Å². The molecule has 0 spiro atoms. The molecule has 0 radical (unpaired) electrons. The molecular weight excluding hydrogens is 216 g/mol. The lowest BCUT2D eigenvalue weighted by molar-refractivity contribution is -0.296. The van der Waals surface area contributed by atoms with Crippen LogP contribution in [-0.4, -0.2) is 15.9 Å². The maximum atomic E-state index is 11.0. The number of hydrogen-bond acceptors (Lipinski definition) is 4. The zero-order chi connectivity index (χ0) is 11.8. The van der Waals surface area contributed by atoms with Gasteiger partial charge in [-0.2, -0.15) is 0 Å². The monoisotopic (exact) mass is 225 g/mol. The van der Waals surface area contributed by atoms with Gasteiger partial charge in [0.25, 0.3) is 0 Å². The number of hydrogen-bond donors (Lipinski definition) is 0. The molecule has 1 aromatic heterocycles. The molecule has 0 aliphatic heterocycles. The summed E-state index contributed by atoms with van der Waals surface area (Å²) in [5.41, 5.74) is 1.74. The first kappa shape index (κ1) is 9.96. The van der Waals surface area contributed by atoms with E-state index in [2.05, 4.69) is 9.97 Å². The number of carbonyl (C=O) groups is 1. The number of aliphatic carboxylic acids is 1. The van der Waals surface area contributed by atoms with Crippen LogP contribution in [0.3, 0.4) is 0 Å². The number of rotatable bonds is 1. The molecule has 1 heterocycles. The van der Waals surface area contributed by atoms with Gasteiger partial charge in [-0.05, 0) is 25.0 Å². The maximum Gasteiger partial charge on any atom is 0.0941 e. The van der Waals surface area contributed by atoms with Gasteiger partial charge >= 0.3 is 0 Å². The maximum absolute atomic E-state index is 11.0. The first-order valence-electron chi connectivity index (χ1n) is 5.43. The van der Waals surface area contributed by atoms with Crippen molar-refractivity contribution in [1.82, 2.24) is 9.97 Å². The summed E-state index contributed by atoms with van der Waals surface area (Å²) in [5, 5.41) is 12.1. The van der Waals surface area contributed by atoms with E-state index in [1.807, 2.05) is 30.3 Å². The van der Waals surface area contributed by atoms with Gasteiger partial charge in [0, 0.05) is 5.57 Å². The average Bonchev–Trinajstić information content (AvgIpc) is 2.35. The molecule has 1 aromatic carbocycles. The molecule has 0 saturated carbocycles. The highest BCUT2D eigenvalue weighted by Gasteiger charge is 2.08. The highest BCUT2D eigenvalue weighted by Crippen LogP contribution is 2.08. The Kier molecular flexibility index (Phi) is 2.14. The number of nitrogens with zero attached hydrogens (tertiary/aromatic N) is 2. The molecule has 0 N–H and O–H groups in total. The van der Waals surface area contributed by atoms with E-state index in [9.17, 15) is 9.90 Å². The van der Waals surface area contributed by atoms with Gasteiger partial charge in [0.2, 0.25) is 0 Å². The second-order valence-electron chi connectivity index (χ2n) is 3.95. The third-order valence-electron chi connectivity index (χ3n) is 2.86. The number of benzene rings is 1. The quantitative estimate of drug-likeness (QED) is 0.631. The molecule has 3 rings (SSSR count). The van der Waals surface area contributed by atoms with E-state index in [0.717, 1.165) is 5.52 Å². The van der Waals surface area contributed by atoms with Gasteiger partial charge in [0.15, 0.2) is 0 Å². The van der Waals surface area contributed by atoms with E-state index < -0.39 is 5.97 Å². The summed E-state index contributed by atoms with van der Waals surface area (Å²) in [6.07, 6.45) is 3.05. The second kappa shape index (κ2) is 3.66. The number of carboxylic acid groups (broad SMARTS) is 1. The fourth-order valence-electron chi connectivity index (χ4n) is 2.05. The fourth-order valence-corrected chi connectivity index (χ4v) is 2.05. The van der Waals surface area contributed by atoms with Crippen molar-refractivity contribution in [2.24, 2.45) is 0 Å². The molecular formula is C13H9N2O2-. The normalized spacial score (nSPS) is 14.2. The van der Waals surface area contributed by atoms with Crippen molar-refractivity contribution in [2.75, 3.05) is 0 Å². The third-order valence-corrected chi connectivity index (χ3v) is 2.86. The van der Waals surface area contributed by atoms with Gasteiger partial charge in [0.1, 0.15) is 0 Å². The Morgan fingerprint density at radius 3 is 2.59 bits per heavy atom. The molecule has 2 aromatic rings. The predicted octanol–water partition coefficient (Wildman–Crippen LogP) is -0.895. The molecule has 0 unspecified atom stereocenters. The first-order chi connectivity index (χ1) is 8.25. The highest BCUT2D eigenvalue weighted by atomic mass is 16.4. The Morgan fingerprint density at radius 2 is 1.88 bits per heavy atom. The second-order valence-corrected chi connectivity index (χ2v) is 3.95.